The van der Waals surface area contributed by atoms with E-state index in [1.807, 2.05) is 45.0 Å². The summed E-state index contributed by atoms with van der Waals surface area (Å²) in [5.41, 5.74) is 2.18. The van der Waals surface area contributed by atoms with Gasteiger partial charge in [0.2, 0.25) is 5.91 Å². The van der Waals surface area contributed by atoms with E-state index in [2.05, 4.69) is 10.6 Å². The van der Waals surface area contributed by atoms with Crippen LogP contribution in [0.2, 0.25) is 5.02 Å². The molecule has 2 amide bonds. The van der Waals surface area contributed by atoms with Gasteiger partial charge >= 0.3 is 0 Å². The van der Waals surface area contributed by atoms with Crippen LogP contribution < -0.4 is 10.6 Å². The second-order valence-corrected chi connectivity index (χ2v) is 7.15. The third kappa shape index (κ3) is 5.81. The fraction of sp³-hybridized carbons (Fsp3) is 0.364. The first-order chi connectivity index (χ1) is 13.3. The summed E-state index contributed by atoms with van der Waals surface area (Å²) in [5, 5.41) is 6.82. The van der Waals surface area contributed by atoms with E-state index in [0.29, 0.717) is 29.4 Å². The second-order valence-electron chi connectivity index (χ2n) is 6.71. The maximum Gasteiger partial charge on any atom is 0.253 e. The number of carbonyl (C=O) groups is 2. The number of rotatable bonds is 8. The Morgan fingerprint density at radius 1 is 1.04 bits per heavy atom. The largest absolute Gasteiger partial charge is 0.339 e. The molecule has 5 nitrogen and oxygen atoms in total. The highest BCUT2D eigenvalue weighted by Gasteiger charge is 2.18. The zero-order chi connectivity index (χ0) is 20.7. The van der Waals surface area contributed by atoms with Crippen LogP contribution in [0.5, 0.6) is 0 Å². The lowest BCUT2D eigenvalue weighted by atomic mass is 10.1. The van der Waals surface area contributed by atoms with E-state index in [1.54, 1.807) is 36.1 Å². The van der Waals surface area contributed by atoms with Crippen molar-refractivity contribution in [2.24, 2.45) is 0 Å². The smallest absolute Gasteiger partial charge is 0.253 e. The molecule has 2 N–H and O–H groups in total. The molecule has 0 heterocycles. The number of halogens is 1. The maximum atomic E-state index is 12.6. The molecular weight excluding hydrogens is 374 g/mol. The first kappa shape index (κ1) is 21.9. The molecule has 2 aromatic rings. The van der Waals surface area contributed by atoms with Gasteiger partial charge in [-0.3, -0.25) is 14.9 Å². The van der Waals surface area contributed by atoms with Gasteiger partial charge in [0.05, 0.1) is 6.04 Å². The summed E-state index contributed by atoms with van der Waals surface area (Å²) in [4.78, 5) is 26.8. The predicted molar refractivity (Wildman–Crippen MR) is 115 cm³/mol. The highest BCUT2D eigenvalue weighted by molar-refractivity contribution is 6.30. The summed E-state index contributed by atoms with van der Waals surface area (Å²) in [6.45, 7) is 8.98. The average Bonchev–Trinajstić information content (AvgIpc) is 2.68. The monoisotopic (exact) mass is 401 g/mol. The number of amides is 2. The van der Waals surface area contributed by atoms with Gasteiger partial charge < -0.3 is 10.2 Å². The maximum absolute atomic E-state index is 12.6. The molecule has 0 saturated carbocycles. The van der Waals surface area contributed by atoms with Crippen LogP contribution in [0, 0.1) is 0 Å². The molecule has 2 unspecified atom stereocenters. The summed E-state index contributed by atoms with van der Waals surface area (Å²) >= 11 is 6.04. The first-order valence-corrected chi connectivity index (χ1v) is 9.95. The summed E-state index contributed by atoms with van der Waals surface area (Å²) in [7, 11) is 0. The van der Waals surface area contributed by atoms with Crippen LogP contribution in [0.3, 0.4) is 0 Å². The molecule has 150 valence electrons. The van der Waals surface area contributed by atoms with Crippen molar-refractivity contribution in [2.75, 3.05) is 18.4 Å². The number of nitrogens with zero attached hydrogens (tertiary/aromatic N) is 1. The Hall–Kier alpha value is -2.37. The van der Waals surface area contributed by atoms with Gasteiger partial charge in [0, 0.05) is 35.4 Å². The third-order valence-corrected chi connectivity index (χ3v) is 4.90. The topological polar surface area (TPSA) is 61.4 Å². The number of carbonyl (C=O) groups excluding carboxylic acids is 2. The summed E-state index contributed by atoms with van der Waals surface area (Å²) in [6, 6.07) is 14.1. The van der Waals surface area contributed by atoms with Crippen molar-refractivity contribution in [2.45, 2.75) is 39.8 Å². The zero-order valence-electron chi connectivity index (χ0n) is 16.8. The minimum absolute atomic E-state index is 0.0324. The molecule has 0 spiro atoms. The average molecular weight is 402 g/mol. The van der Waals surface area contributed by atoms with E-state index in [-0.39, 0.29) is 17.9 Å². The Bertz CT molecular complexity index is 821. The quantitative estimate of drug-likeness (QED) is 0.684. The Kier molecular flexibility index (Phi) is 8.03. The SMILES string of the molecule is CCN(CC)C(=O)c1cccc(NC(=O)C(C)NC(C)c2cccc(Cl)c2)c1. The molecule has 0 bridgehead atoms. The van der Waals surface area contributed by atoms with Gasteiger partial charge in [-0.1, -0.05) is 29.8 Å². The fourth-order valence-corrected chi connectivity index (χ4v) is 3.20. The van der Waals surface area contributed by atoms with Crippen LogP contribution in [-0.4, -0.2) is 35.8 Å². The molecule has 2 rings (SSSR count). The highest BCUT2D eigenvalue weighted by atomic mass is 35.5. The lowest BCUT2D eigenvalue weighted by Gasteiger charge is -2.21. The van der Waals surface area contributed by atoms with Crippen molar-refractivity contribution in [1.29, 1.82) is 0 Å². The van der Waals surface area contributed by atoms with Crippen LogP contribution in [0.15, 0.2) is 48.5 Å². The summed E-state index contributed by atoms with van der Waals surface area (Å²) in [6.07, 6.45) is 0. The molecule has 28 heavy (non-hydrogen) atoms. The zero-order valence-corrected chi connectivity index (χ0v) is 17.6. The van der Waals surface area contributed by atoms with Crippen molar-refractivity contribution >= 4 is 29.1 Å². The van der Waals surface area contributed by atoms with Crippen molar-refractivity contribution in [3.05, 3.63) is 64.7 Å². The van der Waals surface area contributed by atoms with Gasteiger partial charge in [-0.05, 0) is 63.6 Å². The molecule has 0 saturated heterocycles. The molecule has 0 aliphatic carbocycles. The Morgan fingerprint density at radius 3 is 2.36 bits per heavy atom. The molecule has 0 aliphatic heterocycles. The van der Waals surface area contributed by atoms with Gasteiger partial charge in [-0.25, -0.2) is 0 Å². The number of anilines is 1. The van der Waals surface area contributed by atoms with E-state index in [0.717, 1.165) is 5.56 Å². The van der Waals surface area contributed by atoms with Gasteiger partial charge in [-0.15, -0.1) is 0 Å². The van der Waals surface area contributed by atoms with Crippen LogP contribution >= 0.6 is 11.6 Å². The molecule has 2 atom stereocenters. The number of benzene rings is 2. The normalized spacial score (nSPS) is 12.9. The van der Waals surface area contributed by atoms with E-state index in [1.165, 1.54) is 0 Å². The third-order valence-electron chi connectivity index (χ3n) is 4.67. The minimum atomic E-state index is -0.420. The first-order valence-electron chi connectivity index (χ1n) is 9.57. The molecule has 0 aliphatic rings. The predicted octanol–water partition coefficient (Wildman–Crippen LogP) is 4.50. The minimum Gasteiger partial charge on any atom is -0.339 e. The van der Waals surface area contributed by atoms with Crippen LogP contribution in [0.25, 0.3) is 0 Å². The standard InChI is InChI=1S/C22H28ClN3O2/c1-5-26(6-2)22(28)18-10-8-12-20(14-18)25-21(27)16(4)24-15(3)17-9-7-11-19(23)13-17/h7-16,24H,5-6H2,1-4H3,(H,25,27). The number of hydrogen-bond donors (Lipinski definition) is 2. The highest BCUT2D eigenvalue weighted by Crippen LogP contribution is 2.18. The van der Waals surface area contributed by atoms with E-state index in [9.17, 15) is 9.59 Å². The van der Waals surface area contributed by atoms with E-state index < -0.39 is 6.04 Å². The van der Waals surface area contributed by atoms with Crippen molar-refractivity contribution in [1.82, 2.24) is 10.2 Å². The van der Waals surface area contributed by atoms with Gasteiger partial charge in [0.15, 0.2) is 0 Å². The molecule has 2 aromatic carbocycles. The Morgan fingerprint density at radius 2 is 1.71 bits per heavy atom. The summed E-state index contributed by atoms with van der Waals surface area (Å²) in [5.74, 6) is -0.205. The Balaban J connectivity index is 2.02. The van der Waals surface area contributed by atoms with E-state index >= 15 is 0 Å². The number of hydrogen-bond acceptors (Lipinski definition) is 3. The fourth-order valence-electron chi connectivity index (χ4n) is 3.00. The van der Waals surface area contributed by atoms with Gasteiger partial charge in [0.1, 0.15) is 0 Å². The Labute approximate surface area is 172 Å². The lowest BCUT2D eigenvalue weighted by Crippen LogP contribution is -2.39. The van der Waals surface area contributed by atoms with E-state index in [4.69, 9.17) is 11.6 Å². The summed E-state index contributed by atoms with van der Waals surface area (Å²) < 4.78 is 0. The molecule has 0 aromatic heterocycles. The second kappa shape index (κ2) is 10.2. The molecule has 0 fully saturated rings. The van der Waals surface area contributed by atoms with Crippen LogP contribution in [0.1, 0.15) is 49.7 Å². The van der Waals surface area contributed by atoms with Crippen molar-refractivity contribution < 1.29 is 9.59 Å². The lowest BCUT2D eigenvalue weighted by molar-refractivity contribution is -0.117. The van der Waals surface area contributed by atoms with Crippen LogP contribution in [0.4, 0.5) is 5.69 Å². The van der Waals surface area contributed by atoms with Gasteiger partial charge in [0.25, 0.3) is 5.91 Å². The number of nitrogens with one attached hydrogen (secondary N) is 2. The van der Waals surface area contributed by atoms with Crippen LogP contribution in [-0.2, 0) is 4.79 Å². The molecule has 0 radical (unpaired) electrons. The van der Waals surface area contributed by atoms with Crippen molar-refractivity contribution in [3.63, 3.8) is 0 Å². The van der Waals surface area contributed by atoms with Crippen molar-refractivity contribution in [3.8, 4) is 0 Å². The molecule has 6 heteroatoms. The van der Waals surface area contributed by atoms with Gasteiger partial charge in [-0.2, -0.15) is 0 Å². The molecular formula is C22H28ClN3O2.